The first-order valence-electron chi connectivity index (χ1n) is 12.8. The molecule has 0 spiro atoms. The van der Waals surface area contributed by atoms with Gasteiger partial charge in [0.25, 0.3) is 0 Å². The molecule has 7 nitrogen and oxygen atoms in total. The summed E-state index contributed by atoms with van der Waals surface area (Å²) in [5, 5.41) is 30.8. The molecule has 0 aliphatic rings. The van der Waals surface area contributed by atoms with Crippen LogP contribution in [0.1, 0.15) is 111 Å². The van der Waals surface area contributed by atoms with E-state index in [0.717, 1.165) is 44.9 Å². The summed E-state index contributed by atoms with van der Waals surface area (Å²) < 4.78 is -0.545. The molecule has 2 N–H and O–H groups in total. The van der Waals surface area contributed by atoms with Crippen LogP contribution >= 0.6 is 0 Å². The third-order valence-corrected chi connectivity index (χ3v) is 7.03. The van der Waals surface area contributed by atoms with Crippen LogP contribution in [0.15, 0.2) is 12.2 Å². The van der Waals surface area contributed by atoms with Gasteiger partial charge in [-0.2, -0.15) is 0 Å². The first kappa shape index (κ1) is 31.1. The normalized spacial score (nSPS) is 16.2. The van der Waals surface area contributed by atoms with Crippen LogP contribution in [-0.4, -0.2) is 57.3 Å². The van der Waals surface area contributed by atoms with Gasteiger partial charge < -0.3 is 20.1 Å². The first-order valence-corrected chi connectivity index (χ1v) is 12.8. The summed E-state index contributed by atoms with van der Waals surface area (Å²) >= 11 is 0. The zero-order valence-corrected chi connectivity index (χ0v) is 21.3. The Morgan fingerprint density at radius 3 is 1.48 bits per heavy atom. The van der Waals surface area contributed by atoms with Crippen LogP contribution in [0.25, 0.3) is 0 Å². The van der Waals surface area contributed by atoms with E-state index in [-0.39, 0.29) is 6.54 Å². The molecular weight excluding hydrogens is 422 g/mol. The fourth-order valence-electron chi connectivity index (χ4n) is 4.65. The van der Waals surface area contributed by atoms with Crippen molar-refractivity contribution in [3.05, 3.63) is 12.2 Å². The third-order valence-electron chi connectivity index (χ3n) is 7.03. The molecule has 3 atom stereocenters. The molecule has 0 rings (SSSR count). The van der Waals surface area contributed by atoms with E-state index in [9.17, 15) is 29.7 Å². The second-order valence-corrected chi connectivity index (χ2v) is 9.33. The molecule has 0 radical (unpaired) electrons. The van der Waals surface area contributed by atoms with Crippen LogP contribution < -0.4 is 5.11 Å². The minimum Gasteiger partial charge on any atom is -0.544 e. The Morgan fingerprint density at radius 2 is 1.09 bits per heavy atom. The maximum absolute atomic E-state index is 11.7. The van der Waals surface area contributed by atoms with E-state index in [1.807, 2.05) is 0 Å². The maximum atomic E-state index is 11.7. The molecule has 0 saturated heterocycles. The summed E-state index contributed by atoms with van der Waals surface area (Å²) in [5.74, 6) is -3.83. The zero-order chi connectivity index (χ0) is 25.3. The minimum atomic E-state index is -1.43. The highest BCUT2D eigenvalue weighted by Crippen LogP contribution is 2.27. The molecule has 7 heteroatoms. The Bertz CT molecular complexity index is 553. The van der Waals surface area contributed by atoms with Gasteiger partial charge in [-0.15, -0.1) is 0 Å². The Kier molecular flexibility index (Phi) is 16.6. The average molecular weight is 470 g/mol. The van der Waals surface area contributed by atoms with E-state index in [2.05, 4.69) is 19.1 Å². The van der Waals surface area contributed by atoms with Crippen LogP contribution in [0.2, 0.25) is 0 Å². The van der Waals surface area contributed by atoms with Crippen molar-refractivity contribution in [2.24, 2.45) is 0 Å². The summed E-state index contributed by atoms with van der Waals surface area (Å²) in [7, 11) is 0. The van der Waals surface area contributed by atoms with E-state index in [1.54, 1.807) is 0 Å². The lowest BCUT2D eigenvalue weighted by atomic mass is 10.00. The molecule has 0 aliphatic carbocycles. The van der Waals surface area contributed by atoms with Gasteiger partial charge in [0.05, 0.1) is 12.5 Å². The maximum Gasteiger partial charge on any atom is 0.362 e. The molecule has 33 heavy (non-hydrogen) atoms. The number of carboxylic acid groups (broad SMARTS) is 3. The van der Waals surface area contributed by atoms with E-state index in [1.165, 1.54) is 52.9 Å². The minimum absolute atomic E-state index is 0.178. The molecule has 192 valence electrons. The van der Waals surface area contributed by atoms with Gasteiger partial charge in [-0.05, 0) is 59.3 Å². The van der Waals surface area contributed by atoms with Gasteiger partial charge in [-0.1, -0.05) is 64.0 Å². The summed E-state index contributed by atoms with van der Waals surface area (Å²) in [5.41, 5.74) is 0. The number of carboxylic acids is 3. The van der Waals surface area contributed by atoms with Gasteiger partial charge in [-0.3, -0.25) is 4.48 Å². The SMILES string of the molecule is CCCCCCC/C=C/CCCCCCCC[N+](C(C)C(=O)[O-])(C(C)C(=O)O)C(C)C(=O)O. The number of hydrogen-bond acceptors (Lipinski definition) is 4. The van der Waals surface area contributed by atoms with Crippen molar-refractivity contribution in [2.75, 3.05) is 6.54 Å². The van der Waals surface area contributed by atoms with Crippen LogP contribution in [-0.2, 0) is 14.4 Å². The number of nitrogens with zero attached hydrogens (tertiary/aromatic N) is 1. The van der Waals surface area contributed by atoms with Gasteiger partial charge in [0, 0.05) is 0 Å². The number of aliphatic carboxylic acids is 3. The van der Waals surface area contributed by atoms with Gasteiger partial charge in [0.1, 0.15) is 6.04 Å². The second-order valence-electron chi connectivity index (χ2n) is 9.33. The van der Waals surface area contributed by atoms with E-state index >= 15 is 0 Å². The number of carbonyl (C=O) groups excluding carboxylic acids is 1. The monoisotopic (exact) mass is 469 g/mol. The Hall–Kier alpha value is -1.89. The standard InChI is InChI=1S/C26H47NO6/c1-5-6-7-8-9-10-11-12-13-14-15-16-17-18-19-20-27(21(2)24(28)29,22(3)25(30)31)23(4)26(32)33/h11-12,21-23H,5-10,13-20H2,1-4H3,(H2-,28,29,30,31,32,33)/b12-11+. The molecule has 0 aromatic carbocycles. The number of carbonyl (C=O) groups is 3. The van der Waals surface area contributed by atoms with Crippen molar-refractivity contribution in [2.45, 2.75) is 129 Å². The molecule has 0 aromatic rings. The third kappa shape index (κ3) is 11.2. The number of rotatable bonds is 21. The second kappa shape index (κ2) is 17.6. The van der Waals surface area contributed by atoms with Crippen LogP contribution in [0.5, 0.6) is 0 Å². The van der Waals surface area contributed by atoms with Crippen molar-refractivity contribution in [1.82, 2.24) is 0 Å². The zero-order valence-electron chi connectivity index (χ0n) is 21.3. The van der Waals surface area contributed by atoms with Crippen molar-refractivity contribution >= 4 is 17.9 Å². The highest BCUT2D eigenvalue weighted by Gasteiger charge is 2.50. The van der Waals surface area contributed by atoms with Crippen LogP contribution in [0, 0.1) is 0 Å². The lowest BCUT2D eigenvalue weighted by Gasteiger charge is -2.49. The molecule has 0 saturated carbocycles. The van der Waals surface area contributed by atoms with Crippen molar-refractivity contribution in [3.8, 4) is 0 Å². The highest BCUT2D eigenvalue weighted by molar-refractivity contribution is 5.76. The Morgan fingerprint density at radius 1 is 0.697 bits per heavy atom. The number of quaternary nitrogens is 1. The number of unbranched alkanes of at least 4 members (excludes halogenated alkanes) is 11. The smallest absolute Gasteiger partial charge is 0.362 e. The lowest BCUT2D eigenvalue weighted by molar-refractivity contribution is -0.969. The van der Waals surface area contributed by atoms with E-state index < -0.39 is 40.5 Å². The molecule has 0 heterocycles. The predicted octanol–water partition coefficient (Wildman–Crippen LogP) is 4.54. The fraction of sp³-hybridized carbons (Fsp3) is 0.808. The molecular formula is C26H47NO6. The van der Waals surface area contributed by atoms with Gasteiger partial charge in [0.15, 0.2) is 12.1 Å². The molecule has 0 aromatic heterocycles. The fourth-order valence-corrected chi connectivity index (χ4v) is 4.65. The molecule has 3 unspecified atom stereocenters. The van der Waals surface area contributed by atoms with Crippen LogP contribution in [0.3, 0.4) is 0 Å². The number of hydrogen-bond donors (Lipinski definition) is 2. The van der Waals surface area contributed by atoms with Crippen molar-refractivity contribution < 1.29 is 34.2 Å². The van der Waals surface area contributed by atoms with E-state index in [4.69, 9.17) is 0 Å². The van der Waals surface area contributed by atoms with Crippen molar-refractivity contribution in [1.29, 1.82) is 0 Å². The molecule has 0 bridgehead atoms. The summed E-state index contributed by atoms with van der Waals surface area (Å²) in [6, 6.07) is -3.56. The van der Waals surface area contributed by atoms with Gasteiger partial charge >= 0.3 is 11.9 Å². The summed E-state index contributed by atoms with van der Waals surface area (Å²) in [6.07, 6.45) is 19.0. The van der Waals surface area contributed by atoms with Crippen molar-refractivity contribution in [3.63, 3.8) is 0 Å². The largest absolute Gasteiger partial charge is 0.544 e. The summed E-state index contributed by atoms with van der Waals surface area (Å²) in [6.45, 7) is 6.54. The van der Waals surface area contributed by atoms with E-state index in [0.29, 0.717) is 6.42 Å². The summed E-state index contributed by atoms with van der Waals surface area (Å²) in [4.78, 5) is 35.1. The van der Waals surface area contributed by atoms with Gasteiger partial charge in [0.2, 0.25) is 0 Å². The topological polar surface area (TPSA) is 115 Å². The Balaban J connectivity index is 4.46. The van der Waals surface area contributed by atoms with Gasteiger partial charge in [-0.25, -0.2) is 9.59 Å². The number of allylic oxidation sites excluding steroid dienone is 2. The molecule has 0 aliphatic heterocycles. The quantitative estimate of drug-likeness (QED) is 0.145. The predicted molar refractivity (Wildman–Crippen MR) is 129 cm³/mol. The lowest BCUT2D eigenvalue weighted by Crippen LogP contribution is -2.72. The van der Waals surface area contributed by atoms with Crippen LogP contribution in [0.4, 0.5) is 0 Å². The molecule has 0 amide bonds. The average Bonchev–Trinajstić information content (AvgIpc) is 2.77. The highest BCUT2D eigenvalue weighted by atomic mass is 16.4. The Labute approximate surface area is 200 Å². The molecule has 0 fully saturated rings. The first-order chi connectivity index (χ1) is 15.6.